The van der Waals surface area contributed by atoms with Gasteiger partial charge in [0, 0.05) is 43.3 Å². The molecule has 3 aliphatic heterocycles. The van der Waals surface area contributed by atoms with Crippen LogP contribution in [0.3, 0.4) is 0 Å². The molecule has 1 aromatic rings. The largest absolute Gasteiger partial charge is 0.465 e. The predicted octanol–water partition coefficient (Wildman–Crippen LogP) is 2.03. The Kier molecular flexibility index (Phi) is 8.71. The van der Waals surface area contributed by atoms with Crippen LogP contribution in [0.1, 0.15) is 46.5 Å². The fourth-order valence-electron chi connectivity index (χ4n) is 5.36. The third-order valence-electron chi connectivity index (χ3n) is 7.43. The molecule has 10 nitrogen and oxygen atoms in total. The zero-order valence-electron chi connectivity index (χ0n) is 21.8. The van der Waals surface area contributed by atoms with Crippen molar-refractivity contribution < 1.29 is 23.9 Å². The van der Waals surface area contributed by atoms with E-state index in [2.05, 4.69) is 10.2 Å². The number of nitrogens with two attached hydrogens (primary N) is 1. The number of rotatable bonds is 7. The van der Waals surface area contributed by atoms with Gasteiger partial charge in [-0.3, -0.25) is 19.5 Å². The van der Waals surface area contributed by atoms with Crippen LogP contribution in [0.15, 0.2) is 16.3 Å². The number of hydrogen-bond donors (Lipinski definition) is 2. The first kappa shape index (κ1) is 27.2. The number of amides is 2. The minimum absolute atomic E-state index is 0.158. The number of aliphatic imine (C=N–C) groups is 1. The second-order valence-corrected chi connectivity index (χ2v) is 12.1. The number of fused-ring (bicyclic) bond motifs is 1. The molecule has 0 saturated carbocycles. The van der Waals surface area contributed by atoms with E-state index in [-0.39, 0.29) is 17.5 Å². The van der Waals surface area contributed by atoms with E-state index in [0.717, 1.165) is 68.6 Å². The number of thiophene rings is 1. The number of methoxy groups -OCH3 is 1. The minimum Gasteiger partial charge on any atom is -0.465 e. The molecule has 0 bridgehead atoms. The lowest BCUT2D eigenvalue weighted by Gasteiger charge is -2.25. The van der Waals surface area contributed by atoms with Crippen LogP contribution >= 0.6 is 23.1 Å². The summed E-state index contributed by atoms with van der Waals surface area (Å²) < 4.78 is 10.5. The first-order valence-electron chi connectivity index (χ1n) is 13.3. The number of carbonyl (C=O) groups is 3. The number of nitrogens with zero attached hydrogens (tertiary/aromatic N) is 3. The molecule has 2 saturated heterocycles. The number of carbonyl (C=O) groups excluding carboxylic acids is 3. The summed E-state index contributed by atoms with van der Waals surface area (Å²) in [5.41, 5.74) is 8.52. The van der Waals surface area contributed by atoms with Crippen LogP contribution in [0.5, 0.6) is 0 Å². The quantitative estimate of drug-likeness (QED) is 0.485. The van der Waals surface area contributed by atoms with E-state index in [0.29, 0.717) is 54.0 Å². The van der Waals surface area contributed by atoms with Crippen molar-refractivity contribution in [2.75, 3.05) is 64.9 Å². The van der Waals surface area contributed by atoms with E-state index in [9.17, 15) is 14.4 Å². The summed E-state index contributed by atoms with van der Waals surface area (Å²) in [6, 6.07) is 0. The van der Waals surface area contributed by atoms with Crippen molar-refractivity contribution in [1.29, 1.82) is 0 Å². The highest BCUT2D eigenvalue weighted by molar-refractivity contribution is 8.16. The van der Waals surface area contributed by atoms with Crippen LogP contribution < -0.4 is 11.1 Å². The molecule has 12 heteroatoms. The van der Waals surface area contributed by atoms with Gasteiger partial charge in [0.25, 0.3) is 5.91 Å². The fraction of sp³-hybridized carbons (Fsp3) is 0.615. The zero-order valence-corrected chi connectivity index (χ0v) is 23.4. The minimum atomic E-state index is -0.802. The lowest BCUT2D eigenvalue weighted by Crippen LogP contribution is -2.37. The van der Waals surface area contributed by atoms with Crippen molar-refractivity contribution >= 4 is 50.9 Å². The Labute approximate surface area is 231 Å². The average molecular weight is 562 g/mol. The monoisotopic (exact) mass is 561 g/mol. The Morgan fingerprint density at radius 3 is 2.58 bits per heavy atom. The number of anilines is 1. The topological polar surface area (TPSA) is 127 Å². The molecule has 0 radical (unpaired) electrons. The van der Waals surface area contributed by atoms with Crippen LogP contribution in [-0.2, 0) is 31.9 Å². The van der Waals surface area contributed by atoms with Gasteiger partial charge in [-0.1, -0.05) is 11.8 Å². The third-order valence-corrected chi connectivity index (χ3v) is 9.90. The number of thioether (sulfide) groups is 1. The molecule has 0 spiro atoms. The van der Waals surface area contributed by atoms with Crippen LogP contribution in [0, 0.1) is 0 Å². The molecule has 206 valence electrons. The molecule has 4 aliphatic rings. The summed E-state index contributed by atoms with van der Waals surface area (Å²) in [6.45, 7) is 5.74. The van der Waals surface area contributed by atoms with Gasteiger partial charge in [0.2, 0.25) is 5.91 Å². The molecule has 1 unspecified atom stereocenters. The molecule has 2 amide bonds. The van der Waals surface area contributed by atoms with Crippen molar-refractivity contribution in [3.63, 3.8) is 0 Å². The van der Waals surface area contributed by atoms with Gasteiger partial charge in [0.05, 0.1) is 38.0 Å². The van der Waals surface area contributed by atoms with Gasteiger partial charge in [-0.05, 0) is 44.1 Å². The Morgan fingerprint density at radius 1 is 1.11 bits per heavy atom. The summed E-state index contributed by atoms with van der Waals surface area (Å²) in [5, 5.41) is 3.16. The van der Waals surface area contributed by atoms with Gasteiger partial charge >= 0.3 is 5.97 Å². The molecule has 1 atom stereocenters. The molecule has 1 aromatic heterocycles. The zero-order chi connectivity index (χ0) is 26.6. The number of aryl methyl sites for hydroxylation is 1. The maximum Gasteiger partial charge on any atom is 0.341 e. The van der Waals surface area contributed by atoms with Crippen molar-refractivity contribution in [3.8, 4) is 0 Å². The first-order valence-corrected chi connectivity index (χ1v) is 15.0. The van der Waals surface area contributed by atoms with Crippen molar-refractivity contribution in [1.82, 2.24) is 9.80 Å². The lowest BCUT2D eigenvalue weighted by molar-refractivity contribution is -0.125. The Hall–Kier alpha value is -2.41. The molecule has 38 heavy (non-hydrogen) atoms. The summed E-state index contributed by atoms with van der Waals surface area (Å²) in [4.78, 5) is 49.6. The number of nitrogens with one attached hydrogen (secondary N) is 1. The van der Waals surface area contributed by atoms with Crippen LogP contribution in [-0.4, -0.2) is 97.5 Å². The first-order chi connectivity index (χ1) is 18.5. The van der Waals surface area contributed by atoms with Crippen molar-refractivity contribution in [2.45, 2.75) is 43.8 Å². The number of ether oxygens (including phenoxy) is 2. The van der Waals surface area contributed by atoms with E-state index >= 15 is 0 Å². The van der Waals surface area contributed by atoms with Crippen LogP contribution in [0.25, 0.3) is 0 Å². The molecule has 1 aliphatic carbocycles. The summed E-state index contributed by atoms with van der Waals surface area (Å²) in [7, 11) is 1.35. The summed E-state index contributed by atoms with van der Waals surface area (Å²) in [6.07, 6.45) is 5.65. The Morgan fingerprint density at radius 2 is 1.84 bits per heavy atom. The maximum absolute atomic E-state index is 13.6. The van der Waals surface area contributed by atoms with Gasteiger partial charge in [-0.2, -0.15) is 0 Å². The Balaban J connectivity index is 1.38. The van der Waals surface area contributed by atoms with Gasteiger partial charge in [0.1, 0.15) is 15.3 Å². The standard InChI is InChI=1S/C26H35N5O5S2/c1-35-26(34)18-16-6-2-3-7-17(16)37-24(18)29-22(32)21-20(27)19(25(33)31-9-4-5-10-31)23(38-21)28-8-11-30-12-14-36-15-13-30/h21H,2-15,27H2,1H3,(H,29,32). The SMILES string of the molecule is COC(=O)c1c(NC(=O)C2SC(=NCCN3CCOCC3)C(C(=O)N3CCCC3)=C2N)sc2c1CCCC2. The average Bonchev–Trinajstić information content (AvgIpc) is 3.66. The van der Waals surface area contributed by atoms with E-state index in [1.54, 1.807) is 4.90 Å². The summed E-state index contributed by atoms with van der Waals surface area (Å²) in [5.74, 6) is -0.964. The highest BCUT2D eigenvalue weighted by Gasteiger charge is 2.41. The molecule has 5 rings (SSSR count). The fourth-order valence-corrected chi connectivity index (χ4v) is 7.76. The lowest BCUT2D eigenvalue weighted by atomic mass is 9.95. The van der Waals surface area contributed by atoms with E-state index in [1.165, 1.54) is 30.2 Å². The van der Waals surface area contributed by atoms with Crippen molar-refractivity contribution in [3.05, 3.63) is 27.3 Å². The van der Waals surface area contributed by atoms with Gasteiger partial charge in [-0.25, -0.2) is 4.79 Å². The predicted molar refractivity (Wildman–Crippen MR) is 149 cm³/mol. The third kappa shape index (κ3) is 5.63. The molecule has 4 heterocycles. The van der Waals surface area contributed by atoms with Gasteiger partial charge in [-0.15, -0.1) is 11.3 Å². The van der Waals surface area contributed by atoms with Gasteiger partial charge < -0.3 is 25.4 Å². The van der Waals surface area contributed by atoms with Crippen LogP contribution in [0.2, 0.25) is 0 Å². The molecule has 2 fully saturated rings. The van der Waals surface area contributed by atoms with Crippen LogP contribution in [0.4, 0.5) is 5.00 Å². The highest BCUT2D eigenvalue weighted by Crippen LogP contribution is 2.40. The van der Waals surface area contributed by atoms with E-state index in [1.807, 2.05) is 0 Å². The molecule has 3 N–H and O–H groups in total. The highest BCUT2D eigenvalue weighted by atomic mass is 32.2. The second-order valence-electron chi connectivity index (χ2n) is 9.86. The number of morpholine rings is 1. The molecular weight excluding hydrogens is 526 g/mol. The Bertz CT molecular complexity index is 1150. The van der Waals surface area contributed by atoms with Crippen molar-refractivity contribution in [2.24, 2.45) is 10.7 Å². The number of esters is 1. The molecular formula is C26H35N5O5S2. The maximum atomic E-state index is 13.6. The van der Waals surface area contributed by atoms with E-state index in [4.69, 9.17) is 20.2 Å². The number of hydrogen-bond acceptors (Lipinski definition) is 10. The van der Waals surface area contributed by atoms with Gasteiger partial charge in [0.15, 0.2) is 0 Å². The number of likely N-dealkylation sites (tertiary alicyclic amines) is 1. The van der Waals surface area contributed by atoms with E-state index < -0.39 is 11.2 Å². The molecule has 0 aromatic carbocycles. The normalized spacial score (nSPS) is 23.1. The smallest absolute Gasteiger partial charge is 0.341 e. The second kappa shape index (κ2) is 12.2. The summed E-state index contributed by atoms with van der Waals surface area (Å²) >= 11 is 2.65.